The van der Waals surface area contributed by atoms with Crippen LogP contribution in [0.1, 0.15) is 33.3 Å². The van der Waals surface area contributed by atoms with E-state index >= 15 is 0 Å². The molecule has 1 rings (SSSR count). The number of amides is 1. The predicted octanol–water partition coefficient (Wildman–Crippen LogP) is 2.29. The Hall–Kier alpha value is -1.39. The Kier molecular flexibility index (Phi) is 5.51. The lowest BCUT2D eigenvalue weighted by molar-refractivity contribution is -0.121. The van der Waals surface area contributed by atoms with Gasteiger partial charge in [0, 0.05) is 17.6 Å². The fourth-order valence-electron chi connectivity index (χ4n) is 1.56. The molecule has 0 aliphatic carbocycles. The van der Waals surface area contributed by atoms with Crippen LogP contribution in [0.4, 0.5) is 5.69 Å². The zero-order valence-corrected chi connectivity index (χ0v) is 12.2. The first-order valence-electron chi connectivity index (χ1n) is 6.57. The van der Waals surface area contributed by atoms with E-state index in [4.69, 9.17) is 10.5 Å². The summed E-state index contributed by atoms with van der Waals surface area (Å²) in [6.07, 6.45) is 0.0541. The number of benzene rings is 1. The Morgan fingerprint density at radius 3 is 2.37 bits per heavy atom. The highest BCUT2D eigenvalue weighted by Crippen LogP contribution is 2.23. The molecule has 3 N–H and O–H groups in total. The van der Waals surface area contributed by atoms with Gasteiger partial charge < -0.3 is 15.8 Å². The highest BCUT2D eigenvalue weighted by Gasteiger charge is 2.18. The van der Waals surface area contributed by atoms with E-state index in [1.165, 1.54) is 0 Å². The quantitative estimate of drug-likeness (QED) is 0.828. The molecule has 0 spiro atoms. The molecule has 0 saturated carbocycles. The maximum atomic E-state index is 11.6. The lowest BCUT2D eigenvalue weighted by Gasteiger charge is -2.23. The molecule has 4 heteroatoms. The fraction of sp³-hybridized carbons (Fsp3) is 0.533. The highest BCUT2D eigenvalue weighted by molar-refractivity contribution is 5.91. The van der Waals surface area contributed by atoms with Gasteiger partial charge in [0.15, 0.2) is 0 Å². The van der Waals surface area contributed by atoms with Gasteiger partial charge in [0.05, 0.1) is 6.10 Å². The van der Waals surface area contributed by atoms with E-state index in [9.17, 15) is 4.79 Å². The Morgan fingerprint density at radius 2 is 1.89 bits per heavy atom. The molecule has 1 aromatic rings. The van der Waals surface area contributed by atoms with Gasteiger partial charge in [-0.2, -0.15) is 0 Å². The molecule has 0 bridgehead atoms. The van der Waals surface area contributed by atoms with Gasteiger partial charge in [0.1, 0.15) is 6.61 Å². The van der Waals surface area contributed by atoms with E-state index in [1.54, 1.807) is 0 Å². The van der Waals surface area contributed by atoms with Crippen molar-refractivity contribution in [3.63, 3.8) is 0 Å². The van der Waals surface area contributed by atoms with Crippen LogP contribution >= 0.6 is 0 Å². The van der Waals surface area contributed by atoms with E-state index in [0.29, 0.717) is 6.54 Å². The van der Waals surface area contributed by atoms with E-state index < -0.39 is 0 Å². The molecule has 106 valence electrons. The van der Waals surface area contributed by atoms with E-state index in [1.807, 2.05) is 38.1 Å². The average molecular weight is 264 g/mol. The summed E-state index contributed by atoms with van der Waals surface area (Å²) in [6.45, 7) is 8.65. The molecule has 0 radical (unpaired) electrons. The van der Waals surface area contributed by atoms with Crippen LogP contribution in [-0.4, -0.2) is 25.2 Å². The standard InChI is InChI=1S/C15H24N2O2/c1-11(2)19-9-14(18)17-13-7-5-12(6-8-13)15(3,4)10-16/h5-8,11H,9-10,16H2,1-4H3,(H,17,18). The molecule has 0 heterocycles. The second-order valence-corrected chi connectivity index (χ2v) is 5.57. The molecular formula is C15H24N2O2. The third-order valence-electron chi connectivity index (χ3n) is 3.01. The first-order chi connectivity index (χ1) is 8.85. The average Bonchev–Trinajstić information content (AvgIpc) is 2.37. The van der Waals surface area contributed by atoms with Gasteiger partial charge in [0.2, 0.25) is 5.91 Å². The van der Waals surface area contributed by atoms with Crippen LogP contribution in [0.3, 0.4) is 0 Å². The van der Waals surface area contributed by atoms with Crippen molar-refractivity contribution in [3.8, 4) is 0 Å². The number of carbonyl (C=O) groups excluding carboxylic acids is 1. The van der Waals surface area contributed by atoms with Crippen LogP contribution in [-0.2, 0) is 14.9 Å². The molecule has 0 saturated heterocycles. The molecule has 19 heavy (non-hydrogen) atoms. The third-order valence-corrected chi connectivity index (χ3v) is 3.01. The first-order valence-corrected chi connectivity index (χ1v) is 6.57. The Balaban J connectivity index is 2.60. The van der Waals surface area contributed by atoms with Crippen molar-refractivity contribution in [2.75, 3.05) is 18.5 Å². The summed E-state index contributed by atoms with van der Waals surface area (Å²) in [5.41, 5.74) is 7.62. The van der Waals surface area contributed by atoms with Gasteiger partial charge in [-0.1, -0.05) is 26.0 Å². The van der Waals surface area contributed by atoms with Crippen LogP contribution < -0.4 is 11.1 Å². The van der Waals surface area contributed by atoms with Crippen molar-refractivity contribution < 1.29 is 9.53 Å². The van der Waals surface area contributed by atoms with Crippen LogP contribution in [0.5, 0.6) is 0 Å². The largest absolute Gasteiger partial charge is 0.369 e. The number of nitrogens with one attached hydrogen (secondary N) is 1. The highest BCUT2D eigenvalue weighted by atomic mass is 16.5. The second-order valence-electron chi connectivity index (χ2n) is 5.57. The van der Waals surface area contributed by atoms with Crippen LogP contribution in [0.2, 0.25) is 0 Å². The summed E-state index contributed by atoms with van der Waals surface area (Å²) in [5, 5.41) is 2.80. The van der Waals surface area contributed by atoms with Crippen molar-refractivity contribution in [3.05, 3.63) is 29.8 Å². The van der Waals surface area contributed by atoms with Crippen LogP contribution in [0.25, 0.3) is 0 Å². The van der Waals surface area contributed by atoms with E-state index in [0.717, 1.165) is 11.3 Å². The molecule has 0 atom stereocenters. The molecular weight excluding hydrogens is 240 g/mol. The summed E-state index contributed by atoms with van der Waals surface area (Å²) in [7, 11) is 0. The Morgan fingerprint density at radius 1 is 1.32 bits per heavy atom. The minimum Gasteiger partial charge on any atom is -0.369 e. The van der Waals surface area contributed by atoms with E-state index in [2.05, 4.69) is 19.2 Å². The Labute approximate surface area is 115 Å². The summed E-state index contributed by atoms with van der Waals surface area (Å²) in [5.74, 6) is -0.139. The van der Waals surface area contributed by atoms with Gasteiger partial charge in [-0.25, -0.2) is 0 Å². The number of hydrogen-bond acceptors (Lipinski definition) is 3. The number of nitrogens with two attached hydrogens (primary N) is 1. The monoisotopic (exact) mass is 264 g/mol. The number of carbonyl (C=O) groups is 1. The van der Waals surface area contributed by atoms with Gasteiger partial charge in [-0.15, -0.1) is 0 Å². The first kappa shape index (κ1) is 15.7. The zero-order valence-electron chi connectivity index (χ0n) is 12.2. The van der Waals surface area contributed by atoms with E-state index in [-0.39, 0.29) is 24.0 Å². The molecule has 0 aliphatic rings. The summed E-state index contributed by atoms with van der Waals surface area (Å²) in [6, 6.07) is 7.76. The third kappa shape index (κ3) is 5.01. The molecule has 0 unspecified atom stereocenters. The van der Waals surface area contributed by atoms with Crippen molar-refractivity contribution in [1.82, 2.24) is 0 Å². The number of hydrogen-bond donors (Lipinski definition) is 2. The van der Waals surface area contributed by atoms with Crippen molar-refractivity contribution >= 4 is 11.6 Å². The molecule has 0 aliphatic heterocycles. The second kappa shape index (κ2) is 6.68. The van der Waals surface area contributed by atoms with Gasteiger partial charge in [-0.05, 0) is 31.5 Å². The number of anilines is 1. The molecule has 1 aromatic carbocycles. The summed E-state index contributed by atoms with van der Waals surface area (Å²) >= 11 is 0. The SMILES string of the molecule is CC(C)OCC(=O)Nc1ccc(C(C)(C)CN)cc1. The lowest BCUT2D eigenvalue weighted by Crippen LogP contribution is -2.28. The van der Waals surface area contributed by atoms with Crippen molar-refractivity contribution in [2.45, 2.75) is 39.2 Å². The molecule has 0 aromatic heterocycles. The lowest BCUT2D eigenvalue weighted by atomic mass is 9.85. The maximum Gasteiger partial charge on any atom is 0.250 e. The fourth-order valence-corrected chi connectivity index (χ4v) is 1.56. The Bertz CT molecular complexity index is 411. The molecule has 4 nitrogen and oxygen atoms in total. The predicted molar refractivity (Wildman–Crippen MR) is 78.2 cm³/mol. The number of rotatable bonds is 6. The summed E-state index contributed by atoms with van der Waals surface area (Å²) < 4.78 is 5.24. The number of ether oxygens (including phenoxy) is 1. The maximum absolute atomic E-state index is 11.6. The zero-order chi connectivity index (χ0) is 14.5. The van der Waals surface area contributed by atoms with Crippen molar-refractivity contribution in [1.29, 1.82) is 0 Å². The smallest absolute Gasteiger partial charge is 0.250 e. The minimum absolute atomic E-state index is 0.0523. The topological polar surface area (TPSA) is 64.3 Å². The molecule has 0 fully saturated rings. The normalized spacial score (nSPS) is 11.7. The minimum atomic E-state index is -0.139. The molecule has 1 amide bonds. The van der Waals surface area contributed by atoms with Gasteiger partial charge in [0.25, 0.3) is 0 Å². The van der Waals surface area contributed by atoms with Crippen molar-refractivity contribution in [2.24, 2.45) is 5.73 Å². The van der Waals surface area contributed by atoms with Gasteiger partial charge >= 0.3 is 0 Å². The van der Waals surface area contributed by atoms with Crippen LogP contribution in [0.15, 0.2) is 24.3 Å². The summed E-state index contributed by atoms with van der Waals surface area (Å²) in [4.78, 5) is 11.6. The van der Waals surface area contributed by atoms with Crippen LogP contribution in [0, 0.1) is 0 Å². The van der Waals surface area contributed by atoms with Gasteiger partial charge in [-0.3, -0.25) is 4.79 Å².